The van der Waals surface area contributed by atoms with Crippen LogP contribution in [0.5, 0.6) is 0 Å². The molecule has 0 aliphatic rings. The number of esters is 3. The zero-order valence-corrected chi connectivity index (χ0v) is 19.7. The molecule has 0 amide bonds. The largest absolute Gasteiger partial charge is 1.00 e. The molecule has 0 aliphatic carbocycles. The maximum Gasteiger partial charge on any atom is 1.00 e. The summed E-state index contributed by atoms with van der Waals surface area (Å²) in [6, 6.07) is 0. The Kier molecular flexibility index (Phi) is 13.9. The van der Waals surface area contributed by atoms with E-state index in [1.165, 1.54) is 6.92 Å². The monoisotopic (exact) mass is 480 g/mol. The van der Waals surface area contributed by atoms with Crippen molar-refractivity contribution in [2.24, 2.45) is 0 Å². The van der Waals surface area contributed by atoms with Crippen molar-refractivity contribution in [1.82, 2.24) is 0 Å². The van der Waals surface area contributed by atoms with Crippen LogP contribution in [-0.4, -0.2) is 49.6 Å². The summed E-state index contributed by atoms with van der Waals surface area (Å²) in [6.45, 7) is 2.58. The number of carbonyl (C=O) groups is 3. The quantitative estimate of drug-likeness (QED) is 0.151. The second-order valence-corrected chi connectivity index (χ2v) is 4.94. The number of alkyl halides is 6. The average molecular weight is 481 g/mol. The zero-order valence-electron chi connectivity index (χ0n) is 14.8. The van der Waals surface area contributed by atoms with Crippen molar-refractivity contribution < 1.29 is 113 Å². The molecule has 0 fully saturated rings. The summed E-state index contributed by atoms with van der Waals surface area (Å²) in [7, 11) is 0. The Morgan fingerprint density at radius 2 is 1.33 bits per heavy atom. The Morgan fingerprint density at radius 3 is 1.78 bits per heavy atom. The third kappa shape index (κ3) is 12.7. The normalized spacial score (nSPS) is 11.4. The van der Waals surface area contributed by atoms with Crippen molar-refractivity contribution in [3.63, 3.8) is 0 Å². The Balaban J connectivity index is 0. The summed E-state index contributed by atoms with van der Waals surface area (Å²) >= 11 is 0. The van der Waals surface area contributed by atoms with Gasteiger partial charge in [0.05, 0.1) is 12.8 Å². The minimum absolute atomic E-state index is 0. The fourth-order valence-corrected chi connectivity index (χ4v) is 1.34. The molecule has 0 radical (unpaired) electrons. The van der Waals surface area contributed by atoms with Gasteiger partial charge in [-0.2, -0.15) is 39.7 Å². The smallest absolute Gasteiger partial charge is 0.484 e. The summed E-state index contributed by atoms with van der Waals surface area (Å²) < 4.78 is 85.8. The topological polar surface area (TPSA) is 78.9 Å². The molecule has 0 atom stereocenters. The Morgan fingerprint density at radius 1 is 0.889 bits per heavy atom. The predicted octanol–water partition coefficient (Wildman–Crippen LogP) is -0.102. The van der Waals surface area contributed by atoms with E-state index in [0.29, 0.717) is 12.3 Å². The third-order valence-corrected chi connectivity index (χ3v) is 2.84. The molecular formula is C14H17F6O6Rb. The van der Waals surface area contributed by atoms with E-state index in [2.05, 4.69) is 9.47 Å². The molecule has 0 saturated carbocycles. The van der Waals surface area contributed by atoms with E-state index in [0.717, 1.165) is 0 Å². The van der Waals surface area contributed by atoms with E-state index in [-0.39, 0.29) is 71.4 Å². The molecule has 0 spiro atoms. The van der Waals surface area contributed by atoms with Crippen LogP contribution in [0, 0.1) is 5.92 Å². The molecule has 0 aromatic rings. The second-order valence-electron chi connectivity index (χ2n) is 4.94. The summed E-state index contributed by atoms with van der Waals surface area (Å²) in [4.78, 5) is 33.6. The first-order valence-corrected chi connectivity index (χ1v) is 7.27. The number of ether oxygens (including phenoxy) is 3. The summed E-state index contributed by atoms with van der Waals surface area (Å²) in [6.07, 6.45) is -17.3. The van der Waals surface area contributed by atoms with E-state index in [9.17, 15) is 40.7 Å². The van der Waals surface area contributed by atoms with Crippen LogP contribution in [0.2, 0.25) is 0 Å². The van der Waals surface area contributed by atoms with Crippen LogP contribution >= 0.6 is 0 Å². The van der Waals surface area contributed by atoms with Gasteiger partial charge in [-0.15, -0.1) is 0 Å². The van der Waals surface area contributed by atoms with Gasteiger partial charge in [-0.1, -0.05) is 6.92 Å². The van der Waals surface area contributed by atoms with Gasteiger partial charge in [-0.3, -0.25) is 20.3 Å². The summed E-state index contributed by atoms with van der Waals surface area (Å²) in [5, 5.41) is 0. The molecule has 27 heavy (non-hydrogen) atoms. The van der Waals surface area contributed by atoms with Gasteiger partial charge in [-0.25, -0.2) is 0 Å². The van der Waals surface area contributed by atoms with Gasteiger partial charge in [0, 0.05) is 0 Å². The van der Waals surface area contributed by atoms with Crippen LogP contribution < -0.4 is 58.2 Å². The van der Waals surface area contributed by atoms with Crippen LogP contribution in [0.25, 0.3) is 0 Å². The van der Waals surface area contributed by atoms with Crippen molar-refractivity contribution >= 4 is 17.9 Å². The fourth-order valence-electron chi connectivity index (χ4n) is 1.34. The molecule has 152 valence electrons. The van der Waals surface area contributed by atoms with Crippen LogP contribution in [0.15, 0.2) is 0 Å². The van der Waals surface area contributed by atoms with Gasteiger partial charge in [-0.05, 0) is 0 Å². The van der Waals surface area contributed by atoms with Crippen LogP contribution in [0.1, 0.15) is 33.1 Å². The first-order chi connectivity index (χ1) is 11.8. The van der Waals surface area contributed by atoms with Crippen molar-refractivity contribution in [1.29, 1.82) is 0 Å². The minimum Gasteiger partial charge on any atom is -0.484 e. The molecule has 0 aromatic carbocycles. The summed E-state index contributed by atoms with van der Waals surface area (Å²) in [5.41, 5.74) is 0. The van der Waals surface area contributed by atoms with Crippen molar-refractivity contribution in [3.05, 3.63) is 5.92 Å². The molecule has 0 rings (SSSR count). The van der Waals surface area contributed by atoms with Crippen molar-refractivity contribution in [3.8, 4) is 0 Å². The molecule has 0 N–H and O–H groups in total. The Labute approximate surface area is 200 Å². The fraction of sp³-hybridized carbons (Fsp3) is 0.714. The van der Waals surface area contributed by atoms with Gasteiger partial charge in [0.25, 0.3) is 6.10 Å². The number of hydrogen-bond acceptors (Lipinski definition) is 6. The van der Waals surface area contributed by atoms with Gasteiger partial charge >= 0.3 is 82.5 Å². The molecule has 0 bridgehead atoms. The molecule has 0 unspecified atom stereocenters. The molecule has 6 nitrogen and oxygen atoms in total. The molecule has 0 heterocycles. The van der Waals surface area contributed by atoms with Gasteiger partial charge in [0.2, 0.25) is 0 Å². The molecular weight excluding hydrogens is 464 g/mol. The van der Waals surface area contributed by atoms with Crippen LogP contribution in [0.4, 0.5) is 26.3 Å². The van der Waals surface area contributed by atoms with E-state index in [1.54, 1.807) is 6.92 Å². The van der Waals surface area contributed by atoms with Gasteiger partial charge in [0.15, 0.2) is 5.97 Å². The SMILES string of the molecule is CC[C-](C)C(=O)OCCOC(=O)CCC(=O)OC(C(F)(F)F)C(F)(F)F.[Rb+]. The van der Waals surface area contributed by atoms with E-state index < -0.39 is 49.2 Å². The number of carbonyl (C=O) groups excluding carboxylic acids is 3. The maximum atomic E-state index is 12.2. The average Bonchev–Trinajstić information content (AvgIpc) is 2.51. The third-order valence-electron chi connectivity index (χ3n) is 2.84. The van der Waals surface area contributed by atoms with Crippen LogP contribution in [0.3, 0.4) is 0 Å². The van der Waals surface area contributed by atoms with Crippen molar-refractivity contribution in [2.75, 3.05) is 13.2 Å². The van der Waals surface area contributed by atoms with Gasteiger partial charge < -0.3 is 14.2 Å². The van der Waals surface area contributed by atoms with E-state index in [4.69, 9.17) is 4.74 Å². The molecule has 13 heteroatoms. The standard InChI is InChI=1S/C14H17F6O6.Rb/c1-3-8(2)11(23)25-7-6-24-9(21)4-5-10(22)26-12(13(15,16)17)14(18,19)20;/h12H,3-7H2,1-2H3;/q-1;+1. The number of hydrogen-bond donors (Lipinski definition) is 0. The second kappa shape index (κ2) is 13.0. The Hall–Kier alpha value is -0.335. The van der Waals surface area contributed by atoms with E-state index >= 15 is 0 Å². The number of rotatable bonds is 9. The maximum absolute atomic E-state index is 12.2. The zero-order chi connectivity index (χ0) is 20.5. The van der Waals surface area contributed by atoms with Gasteiger partial charge in [0.1, 0.15) is 13.2 Å². The first kappa shape index (κ1) is 28.9. The van der Waals surface area contributed by atoms with E-state index in [1.807, 2.05) is 0 Å². The Bertz CT molecular complexity index is 479. The molecule has 0 aliphatic heterocycles. The number of halogens is 6. The molecule has 0 saturated heterocycles. The predicted molar refractivity (Wildman–Crippen MR) is 72.4 cm³/mol. The molecule has 0 aromatic heterocycles. The summed E-state index contributed by atoms with van der Waals surface area (Å²) in [5.74, 6) is -3.11. The minimum atomic E-state index is -5.83. The van der Waals surface area contributed by atoms with Crippen molar-refractivity contribution in [2.45, 2.75) is 51.6 Å². The van der Waals surface area contributed by atoms with Crippen LogP contribution in [-0.2, 0) is 28.6 Å². The first-order valence-electron chi connectivity index (χ1n) is 7.27.